The number of benzene rings is 1. The van der Waals surface area contributed by atoms with E-state index in [-0.39, 0.29) is 29.9 Å². The maximum absolute atomic E-state index is 13.1. The Bertz CT molecular complexity index is 1180. The van der Waals surface area contributed by atoms with Crippen molar-refractivity contribution in [3.05, 3.63) is 70.4 Å². The highest BCUT2D eigenvalue weighted by molar-refractivity contribution is 5.84. The number of nitrogens with zero attached hydrogens (tertiary/aromatic N) is 4. The van der Waals surface area contributed by atoms with E-state index in [1.165, 1.54) is 4.68 Å². The molecule has 0 spiro atoms. The van der Waals surface area contributed by atoms with Crippen molar-refractivity contribution < 1.29 is 14.3 Å². The summed E-state index contributed by atoms with van der Waals surface area (Å²) in [6.45, 7) is 2.79. The molecule has 8 nitrogen and oxygen atoms in total. The van der Waals surface area contributed by atoms with Crippen LogP contribution in [0.1, 0.15) is 31.0 Å². The summed E-state index contributed by atoms with van der Waals surface area (Å²) in [7, 11) is 0. The fourth-order valence-corrected chi connectivity index (χ4v) is 4.12. The largest absolute Gasteiger partial charge is 0.466 e. The van der Waals surface area contributed by atoms with Crippen LogP contribution in [-0.2, 0) is 27.3 Å². The molecule has 0 bridgehead atoms. The molecule has 0 N–H and O–H groups in total. The van der Waals surface area contributed by atoms with Gasteiger partial charge in [-0.1, -0.05) is 18.2 Å². The van der Waals surface area contributed by atoms with Crippen LogP contribution in [0.4, 0.5) is 0 Å². The third-order valence-electron chi connectivity index (χ3n) is 5.74. The van der Waals surface area contributed by atoms with E-state index in [9.17, 15) is 14.4 Å². The summed E-state index contributed by atoms with van der Waals surface area (Å²) in [6, 6.07) is 11.1. The number of carbonyl (C=O) groups excluding carboxylic acids is 2. The van der Waals surface area contributed by atoms with E-state index in [1.54, 1.807) is 36.4 Å². The molecule has 3 aromatic rings. The van der Waals surface area contributed by atoms with Crippen LogP contribution in [0.5, 0.6) is 0 Å². The van der Waals surface area contributed by atoms with Gasteiger partial charge < -0.3 is 9.64 Å². The molecule has 8 heteroatoms. The van der Waals surface area contributed by atoms with Gasteiger partial charge in [0.1, 0.15) is 6.54 Å². The average molecular weight is 434 g/mol. The summed E-state index contributed by atoms with van der Waals surface area (Å²) in [6.07, 6.45) is 5.38. The summed E-state index contributed by atoms with van der Waals surface area (Å²) in [5, 5.41) is 5.86. The topological polar surface area (TPSA) is 94.4 Å². The third kappa shape index (κ3) is 4.69. The number of hydrogen-bond donors (Lipinski definition) is 0. The molecule has 0 radical (unpaired) electrons. The van der Waals surface area contributed by atoms with Gasteiger partial charge in [0.2, 0.25) is 5.91 Å². The van der Waals surface area contributed by atoms with E-state index in [4.69, 9.17) is 4.74 Å². The zero-order chi connectivity index (χ0) is 22.5. The number of aromatic nitrogens is 3. The van der Waals surface area contributed by atoms with Gasteiger partial charge in [-0.05, 0) is 43.5 Å². The molecule has 1 aliphatic heterocycles. The third-order valence-corrected chi connectivity index (χ3v) is 5.74. The lowest BCUT2D eigenvalue weighted by Gasteiger charge is -2.31. The van der Waals surface area contributed by atoms with Gasteiger partial charge in [0.15, 0.2) is 0 Å². The number of fused-ring (bicyclic) bond motifs is 1. The molecule has 166 valence electrons. The summed E-state index contributed by atoms with van der Waals surface area (Å²) in [4.78, 5) is 43.9. The van der Waals surface area contributed by atoms with Crippen LogP contribution in [0, 0.1) is 5.92 Å². The number of pyridine rings is 1. The van der Waals surface area contributed by atoms with Crippen LogP contribution in [0.3, 0.4) is 0 Å². The highest BCUT2D eigenvalue weighted by Gasteiger charge is 2.29. The van der Waals surface area contributed by atoms with Crippen molar-refractivity contribution in [1.82, 2.24) is 19.7 Å². The second-order valence-corrected chi connectivity index (χ2v) is 7.92. The number of piperidine rings is 1. The molecule has 0 saturated carbocycles. The Morgan fingerprint density at radius 3 is 2.62 bits per heavy atom. The Morgan fingerprint density at radius 2 is 1.88 bits per heavy atom. The predicted octanol–water partition coefficient (Wildman–Crippen LogP) is 2.18. The van der Waals surface area contributed by atoms with E-state index in [2.05, 4.69) is 10.1 Å². The highest BCUT2D eigenvalue weighted by atomic mass is 16.5. The number of ether oxygens (including phenoxy) is 1. The summed E-state index contributed by atoms with van der Waals surface area (Å²) >= 11 is 0. The van der Waals surface area contributed by atoms with Crippen LogP contribution in [0.25, 0.3) is 10.8 Å². The van der Waals surface area contributed by atoms with Gasteiger partial charge in [-0.2, -0.15) is 5.10 Å². The first kappa shape index (κ1) is 21.7. The van der Waals surface area contributed by atoms with E-state index in [0.717, 1.165) is 23.1 Å². The Balaban J connectivity index is 1.60. The molecule has 2 aromatic heterocycles. The molecule has 1 aromatic carbocycles. The molecule has 32 heavy (non-hydrogen) atoms. The van der Waals surface area contributed by atoms with Gasteiger partial charge in [-0.3, -0.25) is 19.4 Å². The number of likely N-dealkylation sites (tertiary alicyclic amines) is 1. The number of amides is 1. The summed E-state index contributed by atoms with van der Waals surface area (Å²) < 4.78 is 6.36. The van der Waals surface area contributed by atoms with Gasteiger partial charge in [0, 0.05) is 37.3 Å². The van der Waals surface area contributed by atoms with Crippen molar-refractivity contribution >= 4 is 22.6 Å². The molecule has 3 heterocycles. The molecular weight excluding hydrogens is 408 g/mol. The Morgan fingerprint density at radius 1 is 1.12 bits per heavy atom. The number of rotatable bonds is 6. The van der Waals surface area contributed by atoms with E-state index in [1.807, 2.05) is 24.3 Å². The van der Waals surface area contributed by atoms with Crippen LogP contribution in [-0.4, -0.2) is 51.2 Å². The first-order valence-electron chi connectivity index (χ1n) is 10.9. The zero-order valence-corrected chi connectivity index (χ0v) is 18.1. The van der Waals surface area contributed by atoms with E-state index >= 15 is 0 Å². The minimum Gasteiger partial charge on any atom is -0.466 e. The van der Waals surface area contributed by atoms with Crippen molar-refractivity contribution in [2.75, 3.05) is 19.7 Å². The maximum atomic E-state index is 13.1. The molecule has 1 atom stereocenters. The first-order chi connectivity index (χ1) is 15.6. The predicted molar refractivity (Wildman–Crippen MR) is 119 cm³/mol. The fourth-order valence-electron chi connectivity index (χ4n) is 4.12. The lowest BCUT2D eigenvalue weighted by molar-refractivity contribution is -0.151. The second kappa shape index (κ2) is 9.72. The SMILES string of the molecule is CCOC(=O)C1CCCN(C(=O)Cn2nc(Cc3ccncc3)c3ccccc3c2=O)C1. The van der Waals surface area contributed by atoms with Crippen LogP contribution < -0.4 is 5.56 Å². The molecular formula is C24H26N4O4. The van der Waals surface area contributed by atoms with Crippen molar-refractivity contribution in [2.45, 2.75) is 32.7 Å². The molecule has 1 amide bonds. The standard InChI is InChI=1S/C24H26N4O4/c1-2-32-24(31)18-6-5-13-27(15-18)22(29)16-28-23(30)20-8-4-3-7-19(20)21(26-28)14-17-9-11-25-12-10-17/h3-4,7-12,18H,2,5-6,13-16H2,1H3. The van der Waals surface area contributed by atoms with Crippen molar-refractivity contribution in [2.24, 2.45) is 5.92 Å². The molecule has 1 saturated heterocycles. The van der Waals surface area contributed by atoms with Gasteiger partial charge in [0.25, 0.3) is 5.56 Å². The lowest BCUT2D eigenvalue weighted by Crippen LogP contribution is -2.45. The average Bonchev–Trinajstić information content (AvgIpc) is 2.83. The second-order valence-electron chi connectivity index (χ2n) is 7.92. The fraction of sp³-hybridized carbons (Fsp3) is 0.375. The molecule has 1 fully saturated rings. The van der Waals surface area contributed by atoms with E-state index in [0.29, 0.717) is 37.9 Å². The quantitative estimate of drug-likeness (QED) is 0.552. The Kier molecular flexibility index (Phi) is 6.58. The van der Waals surface area contributed by atoms with Gasteiger partial charge in [-0.25, -0.2) is 4.68 Å². The molecule has 4 rings (SSSR count). The number of hydrogen-bond acceptors (Lipinski definition) is 6. The first-order valence-corrected chi connectivity index (χ1v) is 10.9. The van der Waals surface area contributed by atoms with Crippen molar-refractivity contribution in [3.63, 3.8) is 0 Å². The molecule has 1 aliphatic rings. The van der Waals surface area contributed by atoms with Gasteiger partial charge in [0.05, 0.1) is 23.6 Å². The monoisotopic (exact) mass is 434 g/mol. The number of carbonyl (C=O) groups is 2. The minimum absolute atomic E-state index is 0.164. The van der Waals surface area contributed by atoms with Crippen molar-refractivity contribution in [3.8, 4) is 0 Å². The summed E-state index contributed by atoms with van der Waals surface area (Å²) in [5.74, 6) is -0.819. The highest BCUT2D eigenvalue weighted by Crippen LogP contribution is 2.19. The smallest absolute Gasteiger partial charge is 0.310 e. The Hall–Kier alpha value is -3.55. The van der Waals surface area contributed by atoms with E-state index < -0.39 is 0 Å². The van der Waals surface area contributed by atoms with Crippen molar-refractivity contribution in [1.29, 1.82) is 0 Å². The maximum Gasteiger partial charge on any atom is 0.310 e. The lowest BCUT2D eigenvalue weighted by atomic mass is 9.98. The van der Waals surface area contributed by atoms with Gasteiger partial charge >= 0.3 is 5.97 Å². The van der Waals surface area contributed by atoms with Gasteiger partial charge in [-0.15, -0.1) is 0 Å². The molecule has 1 unspecified atom stereocenters. The van der Waals surface area contributed by atoms with Crippen LogP contribution in [0.2, 0.25) is 0 Å². The zero-order valence-electron chi connectivity index (χ0n) is 18.1. The number of esters is 1. The van der Waals surface area contributed by atoms with Crippen LogP contribution >= 0.6 is 0 Å². The Labute approximate surface area is 185 Å². The normalized spacial score (nSPS) is 16.2. The molecule has 0 aliphatic carbocycles. The summed E-state index contributed by atoms with van der Waals surface area (Å²) in [5.41, 5.74) is 1.44. The van der Waals surface area contributed by atoms with Crippen LogP contribution in [0.15, 0.2) is 53.6 Å². The minimum atomic E-state index is -0.323.